The number of carbonyl (C=O) groups is 1. The smallest absolute Gasteiger partial charge is 0.237 e. The fourth-order valence-electron chi connectivity index (χ4n) is 3.10. The summed E-state index contributed by atoms with van der Waals surface area (Å²) in [6, 6.07) is 12.4. The highest BCUT2D eigenvalue weighted by Crippen LogP contribution is 2.34. The van der Waals surface area contributed by atoms with Crippen LogP contribution in [0.2, 0.25) is 0 Å². The van der Waals surface area contributed by atoms with Crippen molar-refractivity contribution < 1.29 is 23.1 Å². The minimum atomic E-state index is -0.482. The summed E-state index contributed by atoms with van der Waals surface area (Å²) in [5, 5.41) is 11.2. The van der Waals surface area contributed by atoms with E-state index in [4.69, 9.17) is 18.3 Å². The number of amides is 1. The van der Waals surface area contributed by atoms with Gasteiger partial charge in [-0.25, -0.2) is 4.98 Å². The molecule has 0 aliphatic carbocycles. The molecule has 1 atom stereocenters. The molecular formula is C22H18N4O5S. The number of thioether (sulfide) groups is 1. The van der Waals surface area contributed by atoms with Gasteiger partial charge in [0.05, 0.1) is 17.8 Å². The third-order valence-corrected chi connectivity index (χ3v) is 5.59. The lowest BCUT2D eigenvalue weighted by Gasteiger charge is -2.19. The molecule has 1 aliphatic heterocycles. The van der Waals surface area contributed by atoms with Crippen LogP contribution in [0, 0.1) is 0 Å². The van der Waals surface area contributed by atoms with Gasteiger partial charge in [-0.2, -0.15) is 0 Å². The van der Waals surface area contributed by atoms with E-state index in [2.05, 4.69) is 20.5 Å². The Kier molecular flexibility index (Phi) is 5.51. The summed E-state index contributed by atoms with van der Waals surface area (Å²) < 4.78 is 22.0. The van der Waals surface area contributed by atoms with E-state index < -0.39 is 5.25 Å². The molecule has 32 heavy (non-hydrogen) atoms. The van der Waals surface area contributed by atoms with Crippen LogP contribution in [0.1, 0.15) is 6.92 Å². The zero-order valence-corrected chi connectivity index (χ0v) is 17.8. The number of rotatable bonds is 6. The summed E-state index contributed by atoms with van der Waals surface area (Å²) in [6.45, 7) is 2.76. The number of nitrogens with one attached hydrogen (secondary N) is 1. The maximum Gasteiger partial charge on any atom is 0.237 e. The van der Waals surface area contributed by atoms with Crippen molar-refractivity contribution >= 4 is 23.4 Å². The van der Waals surface area contributed by atoms with Gasteiger partial charge in [0.25, 0.3) is 0 Å². The second kappa shape index (κ2) is 8.75. The molecule has 162 valence electrons. The van der Waals surface area contributed by atoms with Crippen LogP contribution in [-0.2, 0) is 4.79 Å². The Morgan fingerprint density at radius 1 is 0.969 bits per heavy atom. The normalized spacial score (nSPS) is 13.5. The molecule has 9 nitrogen and oxygen atoms in total. The molecular weight excluding hydrogens is 432 g/mol. The topological polar surface area (TPSA) is 113 Å². The number of hydrogen-bond acceptors (Lipinski definition) is 9. The number of ether oxygens (including phenoxy) is 2. The lowest BCUT2D eigenvalue weighted by Crippen LogP contribution is -2.23. The maximum atomic E-state index is 12.7. The van der Waals surface area contributed by atoms with E-state index in [0.717, 1.165) is 0 Å². The molecule has 1 aromatic carbocycles. The summed E-state index contributed by atoms with van der Waals surface area (Å²) in [5.74, 6) is 2.13. The molecule has 0 saturated heterocycles. The van der Waals surface area contributed by atoms with Crippen molar-refractivity contribution in [1.82, 2.24) is 15.2 Å². The first kappa shape index (κ1) is 20.1. The van der Waals surface area contributed by atoms with E-state index >= 15 is 0 Å². The number of fused-ring (bicyclic) bond motifs is 1. The van der Waals surface area contributed by atoms with Gasteiger partial charge in [0.1, 0.15) is 18.9 Å². The van der Waals surface area contributed by atoms with E-state index in [0.29, 0.717) is 58.5 Å². The van der Waals surface area contributed by atoms with Crippen molar-refractivity contribution in [3.63, 3.8) is 0 Å². The molecule has 0 fully saturated rings. The second-order valence-electron chi connectivity index (χ2n) is 6.85. The lowest BCUT2D eigenvalue weighted by atomic mass is 10.2. The molecule has 1 unspecified atom stereocenters. The third kappa shape index (κ3) is 4.17. The Labute approximate surface area is 187 Å². The molecule has 1 aliphatic rings. The van der Waals surface area contributed by atoms with Crippen LogP contribution in [0.3, 0.4) is 0 Å². The van der Waals surface area contributed by atoms with E-state index in [9.17, 15) is 4.79 Å². The van der Waals surface area contributed by atoms with Crippen LogP contribution in [-0.4, -0.2) is 39.6 Å². The van der Waals surface area contributed by atoms with Crippen molar-refractivity contribution in [3.8, 4) is 34.4 Å². The van der Waals surface area contributed by atoms with Crippen LogP contribution in [0.5, 0.6) is 11.5 Å². The largest absolute Gasteiger partial charge is 0.486 e. The third-order valence-electron chi connectivity index (χ3n) is 4.64. The van der Waals surface area contributed by atoms with Crippen LogP contribution in [0.4, 0.5) is 5.69 Å². The Bertz CT molecular complexity index is 1230. The molecule has 0 spiro atoms. The first-order valence-corrected chi connectivity index (χ1v) is 10.7. The fraction of sp³-hybridized carbons (Fsp3) is 0.182. The number of carbonyl (C=O) groups excluding carboxylic acids is 1. The van der Waals surface area contributed by atoms with E-state index in [1.165, 1.54) is 11.8 Å². The SMILES string of the molecule is CC(Sc1nnc(-c2ccco2)c(-c2ccco2)n1)C(=O)Nc1ccc2c(c1)OCCO2. The average molecular weight is 450 g/mol. The molecule has 0 saturated carbocycles. The summed E-state index contributed by atoms with van der Waals surface area (Å²) in [7, 11) is 0. The summed E-state index contributed by atoms with van der Waals surface area (Å²) >= 11 is 1.19. The summed E-state index contributed by atoms with van der Waals surface area (Å²) in [5.41, 5.74) is 1.57. The maximum absolute atomic E-state index is 12.7. The van der Waals surface area contributed by atoms with Gasteiger partial charge in [-0.05, 0) is 43.3 Å². The quantitative estimate of drug-likeness (QED) is 0.430. The van der Waals surface area contributed by atoms with E-state index in [1.807, 2.05) is 0 Å². The van der Waals surface area contributed by atoms with Crippen LogP contribution < -0.4 is 14.8 Å². The van der Waals surface area contributed by atoms with Crippen molar-refractivity contribution in [2.75, 3.05) is 18.5 Å². The highest BCUT2D eigenvalue weighted by Gasteiger charge is 2.22. The zero-order chi connectivity index (χ0) is 21.9. The minimum absolute atomic E-state index is 0.204. The van der Waals surface area contributed by atoms with Crippen LogP contribution in [0.25, 0.3) is 22.9 Å². The van der Waals surface area contributed by atoms with Crippen molar-refractivity contribution in [3.05, 3.63) is 55.0 Å². The monoisotopic (exact) mass is 450 g/mol. The van der Waals surface area contributed by atoms with Gasteiger partial charge in [0.15, 0.2) is 28.7 Å². The minimum Gasteiger partial charge on any atom is -0.486 e. The first-order chi connectivity index (χ1) is 15.7. The highest BCUT2D eigenvalue weighted by molar-refractivity contribution is 8.00. The van der Waals surface area contributed by atoms with Crippen LogP contribution >= 0.6 is 11.8 Å². The first-order valence-electron chi connectivity index (χ1n) is 9.87. The van der Waals surface area contributed by atoms with Crippen LogP contribution in [0.15, 0.2) is 69.0 Å². The number of anilines is 1. The molecule has 1 amide bonds. The number of nitrogens with zero attached hydrogens (tertiary/aromatic N) is 3. The van der Waals surface area contributed by atoms with Gasteiger partial charge in [0.2, 0.25) is 11.1 Å². The molecule has 0 radical (unpaired) electrons. The molecule has 3 aromatic heterocycles. The fourth-order valence-corrected chi connectivity index (χ4v) is 3.82. The number of benzene rings is 1. The van der Waals surface area contributed by atoms with Crippen molar-refractivity contribution in [1.29, 1.82) is 0 Å². The summed E-state index contributed by atoms with van der Waals surface area (Å²) in [6.07, 6.45) is 3.11. The van der Waals surface area contributed by atoms with Gasteiger partial charge in [-0.1, -0.05) is 11.8 Å². The number of hydrogen-bond donors (Lipinski definition) is 1. The predicted molar refractivity (Wildman–Crippen MR) is 117 cm³/mol. The Morgan fingerprint density at radius 2 is 1.69 bits per heavy atom. The average Bonchev–Trinajstić information content (AvgIpc) is 3.53. The van der Waals surface area contributed by atoms with Gasteiger partial charge in [-0.3, -0.25) is 4.79 Å². The lowest BCUT2D eigenvalue weighted by molar-refractivity contribution is -0.115. The molecule has 0 bridgehead atoms. The predicted octanol–water partition coefficient (Wildman–Crippen LogP) is 4.28. The molecule has 1 N–H and O–H groups in total. The number of furan rings is 2. The molecule has 10 heteroatoms. The van der Waals surface area contributed by atoms with E-state index in [1.54, 1.807) is 61.9 Å². The van der Waals surface area contributed by atoms with E-state index in [-0.39, 0.29) is 5.91 Å². The zero-order valence-electron chi connectivity index (χ0n) is 17.0. The number of aromatic nitrogens is 3. The second-order valence-corrected chi connectivity index (χ2v) is 8.16. The van der Waals surface area contributed by atoms with Gasteiger partial charge < -0.3 is 23.6 Å². The Morgan fingerprint density at radius 3 is 2.41 bits per heavy atom. The molecule has 4 heterocycles. The van der Waals surface area contributed by atoms with Gasteiger partial charge in [-0.15, -0.1) is 10.2 Å². The summed E-state index contributed by atoms with van der Waals surface area (Å²) in [4.78, 5) is 17.3. The Hall–Kier alpha value is -3.79. The molecule has 4 aromatic rings. The Balaban J connectivity index is 1.33. The van der Waals surface area contributed by atoms with Gasteiger partial charge in [0, 0.05) is 11.8 Å². The van der Waals surface area contributed by atoms with Crippen molar-refractivity contribution in [2.24, 2.45) is 0 Å². The van der Waals surface area contributed by atoms with Crippen molar-refractivity contribution in [2.45, 2.75) is 17.3 Å². The highest BCUT2D eigenvalue weighted by atomic mass is 32.2. The molecule has 5 rings (SSSR count). The standard InChI is InChI=1S/C22H18N4O5S/c1-13(21(27)23-14-6-7-15-18(12-14)31-11-10-30-15)32-22-24-19(16-4-2-8-28-16)20(25-26-22)17-5-3-9-29-17/h2-9,12-13H,10-11H2,1H3,(H,23,27). The van der Waals surface area contributed by atoms with Gasteiger partial charge >= 0.3 is 0 Å².